The lowest BCUT2D eigenvalue weighted by molar-refractivity contribution is 0.0899. The molecule has 8 nitrogen and oxygen atoms in total. The summed E-state index contributed by atoms with van der Waals surface area (Å²) in [4.78, 5) is 28.6. The number of aromatic nitrogens is 4. The fourth-order valence-electron chi connectivity index (χ4n) is 4.17. The van der Waals surface area contributed by atoms with Gasteiger partial charge in [-0.3, -0.25) is 0 Å². The van der Waals surface area contributed by atoms with E-state index in [1.807, 2.05) is 18.6 Å². The molecular weight excluding hydrogens is 431 g/mol. The van der Waals surface area contributed by atoms with Gasteiger partial charge in [0.25, 0.3) is 7.41 Å². The van der Waals surface area contributed by atoms with Gasteiger partial charge in [0.1, 0.15) is 18.7 Å². The highest BCUT2D eigenvalue weighted by Gasteiger charge is 2.22. The molecule has 10 heteroatoms. The Hall–Kier alpha value is -2.56. The minimum Gasteiger partial charge on any atom is -0.370 e. The fraction of sp³-hybridized carbons (Fsp3) is 0.478. The lowest BCUT2D eigenvalue weighted by atomic mass is 9.94. The Morgan fingerprint density at radius 2 is 1.97 bits per heavy atom. The summed E-state index contributed by atoms with van der Waals surface area (Å²) in [6.45, 7) is 11.8. The predicted octanol–water partition coefficient (Wildman–Crippen LogP) is 3.13. The Morgan fingerprint density at radius 1 is 1.15 bits per heavy atom. The number of rotatable bonds is 9. The van der Waals surface area contributed by atoms with Gasteiger partial charge in [-0.1, -0.05) is 19.6 Å². The van der Waals surface area contributed by atoms with Crippen LogP contribution in [-0.4, -0.2) is 78.8 Å². The minimum absolute atomic E-state index is 0.465. The van der Waals surface area contributed by atoms with Gasteiger partial charge in [-0.2, -0.15) is 0 Å². The molecule has 1 fully saturated rings. The van der Waals surface area contributed by atoms with Gasteiger partial charge in [0.15, 0.2) is 0 Å². The maximum absolute atomic E-state index is 10.9. The third-order valence-corrected chi connectivity index (χ3v) is 7.68. The van der Waals surface area contributed by atoms with E-state index in [1.54, 1.807) is 13.7 Å². The highest BCUT2D eigenvalue weighted by atomic mass is 28.3. The van der Waals surface area contributed by atoms with Crippen molar-refractivity contribution in [1.82, 2.24) is 24.3 Å². The van der Waals surface area contributed by atoms with Crippen LogP contribution in [0.2, 0.25) is 25.7 Å². The van der Waals surface area contributed by atoms with Crippen molar-refractivity contribution in [3.8, 4) is 11.1 Å². The Bertz CT molecular complexity index is 1070. The van der Waals surface area contributed by atoms with Crippen molar-refractivity contribution in [2.45, 2.75) is 38.8 Å². The third-order valence-electron chi connectivity index (χ3n) is 5.98. The second-order valence-corrected chi connectivity index (χ2v) is 15.3. The van der Waals surface area contributed by atoms with Crippen LogP contribution >= 0.6 is 0 Å². The van der Waals surface area contributed by atoms with E-state index in [0.29, 0.717) is 6.73 Å². The normalized spacial score (nSPS) is 15.5. The molecular formula is C23H32BN6O2Si. The van der Waals surface area contributed by atoms with Crippen molar-refractivity contribution in [3.05, 3.63) is 37.2 Å². The molecule has 0 N–H and O–H groups in total. The van der Waals surface area contributed by atoms with Crippen LogP contribution in [0.1, 0.15) is 6.42 Å². The van der Waals surface area contributed by atoms with Crippen molar-refractivity contribution in [3.63, 3.8) is 0 Å². The van der Waals surface area contributed by atoms with Crippen LogP contribution in [0.25, 0.3) is 22.2 Å². The molecule has 1 saturated heterocycles. The van der Waals surface area contributed by atoms with Crippen LogP contribution in [0, 0.1) is 0 Å². The summed E-state index contributed by atoms with van der Waals surface area (Å²) in [6, 6.07) is 3.22. The first-order chi connectivity index (χ1) is 16.0. The van der Waals surface area contributed by atoms with Crippen molar-refractivity contribution in [2.24, 2.45) is 0 Å². The van der Waals surface area contributed by atoms with Gasteiger partial charge in [-0.15, -0.1) is 0 Å². The van der Waals surface area contributed by atoms with E-state index in [0.717, 1.165) is 79.3 Å². The van der Waals surface area contributed by atoms with Gasteiger partial charge in [0.05, 0.1) is 11.6 Å². The van der Waals surface area contributed by atoms with E-state index in [2.05, 4.69) is 56.2 Å². The second kappa shape index (κ2) is 10.6. The molecule has 1 aliphatic rings. The number of hydrogen-bond acceptors (Lipinski definition) is 7. The van der Waals surface area contributed by atoms with Gasteiger partial charge in [0.2, 0.25) is 0 Å². The summed E-state index contributed by atoms with van der Waals surface area (Å²) in [5.74, 6) is 0. The minimum atomic E-state index is -1.15. The Morgan fingerprint density at radius 3 is 2.73 bits per heavy atom. The first-order valence-corrected chi connectivity index (χ1v) is 15.3. The molecule has 4 rings (SSSR count). The summed E-state index contributed by atoms with van der Waals surface area (Å²) >= 11 is 0. The first-order valence-electron chi connectivity index (χ1n) is 11.5. The molecule has 0 spiro atoms. The van der Waals surface area contributed by atoms with Crippen molar-refractivity contribution in [1.29, 1.82) is 0 Å². The van der Waals surface area contributed by atoms with E-state index in [9.17, 15) is 4.79 Å². The number of ether oxygens (including phenoxy) is 1. The van der Waals surface area contributed by atoms with E-state index in [-0.39, 0.29) is 0 Å². The average Bonchev–Trinajstić information content (AvgIpc) is 3.01. The second-order valence-electron chi connectivity index (χ2n) is 9.68. The SMILES string of the molecule is C[Si](C)(C)CCOCn1cc(-c2cncnc2)c2c(N3CCCN([B]C=O)CC3)ccnc21. The highest BCUT2D eigenvalue weighted by molar-refractivity contribution is 6.76. The topological polar surface area (TPSA) is 76.4 Å². The van der Waals surface area contributed by atoms with Crippen molar-refractivity contribution >= 4 is 38.4 Å². The Labute approximate surface area is 197 Å². The fourth-order valence-corrected chi connectivity index (χ4v) is 4.93. The summed E-state index contributed by atoms with van der Waals surface area (Å²) < 4.78 is 8.16. The highest BCUT2D eigenvalue weighted by Crippen LogP contribution is 2.36. The maximum Gasteiger partial charge on any atom is 0.293 e. The lowest BCUT2D eigenvalue weighted by Gasteiger charge is -2.24. The third kappa shape index (κ3) is 5.87. The number of hydrogen-bond donors (Lipinski definition) is 0. The zero-order chi connectivity index (χ0) is 23.3. The first kappa shape index (κ1) is 23.6. The zero-order valence-electron chi connectivity index (χ0n) is 19.8. The number of carbonyl (C=O) groups is 1. The molecule has 1 aliphatic heterocycles. The predicted molar refractivity (Wildman–Crippen MR) is 136 cm³/mol. The molecule has 0 aromatic carbocycles. The summed E-state index contributed by atoms with van der Waals surface area (Å²) in [7, 11) is 0.500. The number of pyridine rings is 1. The quantitative estimate of drug-likeness (QED) is 0.274. The van der Waals surface area contributed by atoms with E-state index < -0.39 is 8.07 Å². The van der Waals surface area contributed by atoms with Gasteiger partial charge in [-0.05, 0) is 25.1 Å². The van der Waals surface area contributed by atoms with Gasteiger partial charge in [-0.25, -0.2) is 15.0 Å². The summed E-state index contributed by atoms with van der Waals surface area (Å²) in [5.41, 5.74) is 4.07. The smallest absolute Gasteiger partial charge is 0.293 e. The Kier molecular flexibility index (Phi) is 7.57. The maximum atomic E-state index is 10.9. The molecule has 3 aromatic heterocycles. The molecule has 0 bridgehead atoms. The molecule has 173 valence electrons. The number of anilines is 1. The molecule has 33 heavy (non-hydrogen) atoms. The Balaban J connectivity index is 1.68. The van der Waals surface area contributed by atoms with Gasteiger partial charge >= 0.3 is 0 Å². The van der Waals surface area contributed by atoms with Crippen molar-refractivity contribution in [2.75, 3.05) is 37.7 Å². The van der Waals surface area contributed by atoms with Crippen molar-refractivity contribution < 1.29 is 9.53 Å². The molecule has 0 amide bonds. The summed E-state index contributed by atoms with van der Waals surface area (Å²) in [5, 5.41) is 1.09. The molecule has 4 heterocycles. The van der Waals surface area contributed by atoms with E-state index in [4.69, 9.17) is 9.72 Å². The molecule has 1 radical (unpaired) electrons. The molecule has 0 atom stereocenters. The monoisotopic (exact) mass is 463 g/mol. The molecule has 0 unspecified atom stereocenters. The van der Waals surface area contributed by atoms with Crippen LogP contribution < -0.4 is 4.90 Å². The van der Waals surface area contributed by atoms with E-state index in [1.165, 1.54) is 0 Å². The standard InChI is InChI=1S/C23H32BN6O2Si/c1-33(2,3)12-11-32-18-29-15-20(19-13-25-17-26-14-19)22-21(5-6-27-23(22)29)28-7-4-8-30(10-9-28)24-16-31/h5-6,13-17H,4,7-12,18H2,1-3H3. The molecule has 0 aliphatic carbocycles. The van der Waals surface area contributed by atoms with Crippen LogP contribution in [0.15, 0.2) is 37.2 Å². The van der Waals surface area contributed by atoms with E-state index >= 15 is 0 Å². The van der Waals surface area contributed by atoms with Gasteiger partial charge < -0.3 is 23.8 Å². The number of fused-ring (bicyclic) bond motifs is 1. The van der Waals surface area contributed by atoms with Crippen LogP contribution in [-0.2, 0) is 16.3 Å². The van der Waals surface area contributed by atoms with Gasteiger partial charge in [0, 0.05) is 75.9 Å². The van der Waals surface area contributed by atoms with Crippen LogP contribution in [0.3, 0.4) is 0 Å². The molecule has 0 saturated carbocycles. The largest absolute Gasteiger partial charge is 0.370 e. The van der Waals surface area contributed by atoms with Crippen LogP contribution in [0.4, 0.5) is 5.69 Å². The number of nitrogens with zero attached hydrogens (tertiary/aromatic N) is 6. The summed E-state index contributed by atoms with van der Waals surface area (Å²) in [6.07, 6.45) is 11.1. The lowest BCUT2D eigenvalue weighted by Crippen LogP contribution is -2.33. The molecule has 3 aromatic rings. The zero-order valence-corrected chi connectivity index (χ0v) is 20.8. The average molecular weight is 463 g/mol. The van der Waals surface area contributed by atoms with Crippen LogP contribution in [0.5, 0.6) is 0 Å². The number of carbonyl (C=O) groups excluding carboxylic acids is 1.